The minimum atomic E-state index is -0.138. The number of hydrogen-bond donors (Lipinski definition) is 1. The van der Waals surface area contributed by atoms with Crippen molar-refractivity contribution in [3.8, 4) is 5.75 Å². The predicted octanol–water partition coefficient (Wildman–Crippen LogP) is 2.88. The van der Waals surface area contributed by atoms with Crippen molar-refractivity contribution in [2.45, 2.75) is 19.3 Å². The monoisotopic (exact) mass is 419 g/mol. The van der Waals surface area contributed by atoms with E-state index >= 15 is 0 Å². The number of nitrogens with zero attached hydrogens (tertiary/aromatic N) is 2. The van der Waals surface area contributed by atoms with Gasteiger partial charge in [0.15, 0.2) is 0 Å². The minimum Gasteiger partial charge on any atom is -0.493 e. The van der Waals surface area contributed by atoms with Gasteiger partial charge in [0.2, 0.25) is 11.8 Å². The van der Waals surface area contributed by atoms with E-state index in [0.717, 1.165) is 50.5 Å². The van der Waals surface area contributed by atoms with E-state index < -0.39 is 0 Å². The van der Waals surface area contributed by atoms with E-state index in [2.05, 4.69) is 28.4 Å². The number of carbonyl (C=O) groups is 2. The van der Waals surface area contributed by atoms with Gasteiger partial charge in [-0.2, -0.15) is 0 Å². The summed E-state index contributed by atoms with van der Waals surface area (Å²) in [5, 5.41) is 2.86. The number of piperazine rings is 1. The van der Waals surface area contributed by atoms with E-state index in [4.69, 9.17) is 4.74 Å². The van der Waals surface area contributed by atoms with Gasteiger partial charge in [0.1, 0.15) is 5.75 Å². The summed E-state index contributed by atoms with van der Waals surface area (Å²) >= 11 is 0. The number of carbonyl (C=O) groups excluding carboxylic acids is 2. The molecule has 2 aliphatic heterocycles. The fourth-order valence-electron chi connectivity index (χ4n) is 4.00. The van der Waals surface area contributed by atoms with Crippen LogP contribution in [0.1, 0.15) is 24.0 Å². The molecule has 2 aromatic rings. The summed E-state index contributed by atoms with van der Waals surface area (Å²) in [6.45, 7) is 4.42. The Balaban J connectivity index is 1.13. The molecule has 0 unspecified atom stereocenters. The Morgan fingerprint density at radius 1 is 1.03 bits per heavy atom. The number of nitrogens with one attached hydrogen (secondary N) is 1. The molecule has 2 heterocycles. The molecule has 0 atom stereocenters. The zero-order valence-corrected chi connectivity index (χ0v) is 17.8. The van der Waals surface area contributed by atoms with Crippen molar-refractivity contribution in [3.05, 3.63) is 65.7 Å². The van der Waals surface area contributed by atoms with Crippen molar-refractivity contribution in [1.29, 1.82) is 0 Å². The van der Waals surface area contributed by atoms with E-state index in [1.165, 1.54) is 11.3 Å². The molecule has 1 saturated heterocycles. The third-order valence-corrected chi connectivity index (χ3v) is 5.76. The average molecular weight is 420 g/mol. The van der Waals surface area contributed by atoms with Gasteiger partial charge in [0, 0.05) is 57.3 Å². The molecule has 0 saturated carbocycles. The number of rotatable bonds is 7. The van der Waals surface area contributed by atoms with Gasteiger partial charge in [-0.1, -0.05) is 24.3 Å². The molecule has 0 aliphatic carbocycles. The third-order valence-electron chi connectivity index (χ3n) is 5.76. The highest BCUT2D eigenvalue weighted by atomic mass is 16.5. The van der Waals surface area contributed by atoms with Crippen molar-refractivity contribution in [2.75, 3.05) is 44.2 Å². The van der Waals surface area contributed by atoms with Crippen molar-refractivity contribution in [1.82, 2.24) is 10.2 Å². The van der Waals surface area contributed by atoms with Crippen LogP contribution in [0.15, 0.2) is 54.6 Å². The fraction of sp³-hybridized carbons (Fsp3) is 0.360. The number of amides is 2. The second-order valence-corrected chi connectivity index (χ2v) is 7.90. The molecule has 6 heteroatoms. The van der Waals surface area contributed by atoms with Crippen LogP contribution < -0.4 is 15.0 Å². The summed E-state index contributed by atoms with van der Waals surface area (Å²) < 4.78 is 5.50. The second kappa shape index (κ2) is 10.2. The predicted molar refractivity (Wildman–Crippen MR) is 122 cm³/mol. The van der Waals surface area contributed by atoms with Crippen LogP contribution >= 0.6 is 0 Å². The molecule has 2 aliphatic rings. The number of para-hydroxylation sites is 1. The van der Waals surface area contributed by atoms with E-state index in [1.54, 1.807) is 6.08 Å². The van der Waals surface area contributed by atoms with E-state index in [1.807, 2.05) is 41.3 Å². The van der Waals surface area contributed by atoms with Crippen LogP contribution in [0.3, 0.4) is 0 Å². The van der Waals surface area contributed by atoms with Crippen LogP contribution in [0.5, 0.6) is 5.75 Å². The highest BCUT2D eigenvalue weighted by Gasteiger charge is 2.20. The van der Waals surface area contributed by atoms with Gasteiger partial charge < -0.3 is 19.9 Å². The van der Waals surface area contributed by atoms with Gasteiger partial charge in [0.25, 0.3) is 0 Å². The van der Waals surface area contributed by atoms with Crippen LogP contribution in [0.25, 0.3) is 6.08 Å². The Morgan fingerprint density at radius 3 is 2.65 bits per heavy atom. The molecule has 0 spiro atoms. The molecule has 2 amide bonds. The normalized spacial score (nSPS) is 15.6. The van der Waals surface area contributed by atoms with Gasteiger partial charge >= 0.3 is 0 Å². The summed E-state index contributed by atoms with van der Waals surface area (Å²) in [5.41, 5.74) is 3.38. The van der Waals surface area contributed by atoms with Crippen molar-refractivity contribution >= 4 is 23.6 Å². The number of anilines is 1. The van der Waals surface area contributed by atoms with Crippen LogP contribution in [0, 0.1) is 0 Å². The number of fused-ring (bicyclic) bond motifs is 1. The number of hydrogen-bond acceptors (Lipinski definition) is 4. The van der Waals surface area contributed by atoms with Gasteiger partial charge in [-0.15, -0.1) is 0 Å². The van der Waals surface area contributed by atoms with Crippen LogP contribution in [-0.2, 0) is 16.0 Å². The fourth-order valence-corrected chi connectivity index (χ4v) is 4.00. The van der Waals surface area contributed by atoms with Crippen LogP contribution in [0.2, 0.25) is 0 Å². The quantitative estimate of drug-likeness (QED) is 0.554. The largest absolute Gasteiger partial charge is 0.493 e. The van der Waals surface area contributed by atoms with E-state index in [-0.39, 0.29) is 11.8 Å². The molecular formula is C25H29N3O3. The molecule has 1 N–H and O–H groups in total. The highest BCUT2D eigenvalue weighted by Crippen LogP contribution is 2.26. The summed E-state index contributed by atoms with van der Waals surface area (Å²) in [5.74, 6) is 0.964. The highest BCUT2D eigenvalue weighted by molar-refractivity contribution is 5.91. The molecule has 31 heavy (non-hydrogen) atoms. The number of ether oxygens (including phenoxy) is 1. The first-order valence-corrected chi connectivity index (χ1v) is 11.0. The first kappa shape index (κ1) is 21.0. The SMILES string of the molecule is O=C(C=Cc1ccc2c(c1)CCO2)NCCCC(=O)N1CCN(c2ccccc2)CC1. The van der Waals surface area contributed by atoms with E-state index in [9.17, 15) is 9.59 Å². The molecule has 1 fully saturated rings. The maximum absolute atomic E-state index is 12.5. The Labute approximate surface area is 183 Å². The van der Waals surface area contributed by atoms with Gasteiger partial charge in [-0.05, 0) is 47.9 Å². The Morgan fingerprint density at radius 2 is 1.84 bits per heavy atom. The zero-order chi connectivity index (χ0) is 21.5. The molecule has 162 valence electrons. The molecule has 0 bridgehead atoms. The molecule has 4 rings (SSSR count). The van der Waals surface area contributed by atoms with Gasteiger partial charge in [0.05, 0.1) is 6.61 Å². The van der Waals surface area contributed by atoms with Crippen molar-refractivity contribution in [2.24, 2.45) is 0 Å². The smallest absolute Gasteiger partial charge is 0.243 e. The van der Waals surface area contributed by atoms with Gasteiger partial charge in [-0.3, -0.25) is 9.59 Å². The summed E-state index contributed by atoms with van der Waals surface area (Å²) in [6.07, 6.45) is 5.37. The first-order chi connectivity index (χ1) is 15.2. The first-order valence-electron chi connectivity index (χ1n) is 11.0. The third kappa shape index (κ3) is 5.66. The summed E-state index contributed by atoms with van der Waals surface area (Å²) in [4.78, 5) is 28.7. The van der Waals surface area contributed by atoms with Gasteiger partial charge in [-0.25, -0.2) is 0 Å². The Bertz CT molecular complexity index is 934. The standard InChI is InChI=1S/C25H29N3O3/c29-24(11-9-20-8-10-23-21(19-20)12-18-31-23)26-13-4-7-25(30)28-16-14-27(15-17-28)22-5-2-1-3-6-22/h1-3,5-6,8-11,19H,4,7,12-18H2,(H,26,29). The second-order valence-electron chi connectivity index (χ2n) is 7.90. The lowest BCUT2D eigenvalue weighted by molar-refractivity contribution is -0.131. The topological polar surface area (TPSA) is 61.9 Å². The lowest BCUT2D eigenvalue weighted by Crippen LogP contribution is -2.48. The molecule has 6 nitrogen and oxygen atoms in total. The molecular weight excluding hydrogens is 390 g/mol. The summed E-state index contributed by atoms with van der Waals surface area (Å²) in [7, 11) is 0. The Kier molecular flexibility index (Phi) is 6.87. The van der Waals surface area contributed by atoms with Crippen LogP contribution in [0.4, 0.5) is 5.69 Å². The summed E-state index contributed by atoms with van der Waals surface area (Å²) in [6, 6.07) is 16.3. The Hall–Kier alpha value is -3.28. The lowest BCUT2D eigenvalue weighted by Gasteiger charge is -2.36. The van der Waals surface area contributed by atoms with Crippen molar-refractivity contribution < 1.29 is 14.3 Å². The molecule has 2 aromatic carbocycles. The lowest BCUT2D eigenvalue weighted by atomic mass is 10.1. The zero-order valence-electron chi connectivity index (χ0n) is 17.8. The maximum Gasteiger partial charge on any atom is 0.243 e. The maximum atomic E-state index is 12.5. The average Bonchev–Trinajstić information content (AvgIpc) is 3.29. The molecule has 0 aromatic heterocycles. The molecule has 0 radical (unpaired) electrons. The number of benzene rings is 2. The minimum absolute atomic E-state index is 0.138. The van der Waals surface area contributed by atoms with Crippen molar-refractivity contribution in [3.63, 3.8) is 0 Å². The van der Waals surface area contributed by atoms with E-state index in [0.29, 0.717) is 19.4 Å². The van der Waals surface area contributed by atoms with Crippen LogP contribution in [-0.4, -0.2) is 56.0 Å².